The third-order valence-electron chi connectivity index (χ3n) is 4.55. The van der Waals surface area contributed by atoms with E-state index < -0.39 is 11.0 Å². The summed E-state index contributed by atoms with van der Waals surface area (Å²) in [6.45, 7) is 7.32. The molecule has 0 aliphatic carbocycles. The molecule has 0 spiro atoms. The number of nitrogens with one attached hydrogen (secondary N) is 1. The topological polar surface area (TPSA) is 60.5 Å². The van der Waals surface area contributed by atoms with E-state index in [1.165, 1.54) is 0 Å². The van der Waals surface area contributed by atoms with Crippen molar-refractivity contribution in [1.82, 2.24) is 9.71 Å². The van der Waals surface area contributed by atoms with E-state index in [2.05, 4.69) is 9.71 Å². The molecule has 1 N–H and O–H groups in total. The average Bonchev–Trinajstić information content (AvgIpc) is 2.65. The highest BCUT2D eigenvalue weighted by Crippen LogP contribution is 2.33. The van der Waals surface area contributed by atoms with Crippen LogP contribution in [-0.4, -0.2) is 33.4 Å². The Morgan fingerprint density at radius 1 is 1.30 bits per heavy atom. The third kappa shape index (κ3) is 5.27. The van der Waals surface area contributed by atoms with Crippen LogP contribution in [0, 0.1) is 0 Å². The lowest BCUT2D eigenvalue weighted by atomic mass is 9.97. The quantitative estimate of drug-likeness (QED) is 0.711. The molecule has 27 heavy (non-hydrogen) atoms. The Hall–Kier alpha value is -1.05. The normalized spacial score (nSPS) is 18.5. The molecule has 1 saturated heterocycles. The van der Waals surface area contributed by atoms with Crippen LogP contribution in [0.25, 0.3) is 10.8 Å². The third-order valence-corrected chi connectivity index (χ3v) is 6.44. The van der Waals surface area contributed by atoms with E-state index in [0.29, 0.717) is 11.6 Å². The number of hydrogen-bond donors (Lipinski definition) is 1. The molecule has 1 aliphatic heterocycles. The summed E-state index contributed by atoms with van der Waals surface area (Å²) in [5.74, 6) is 0. The fraction of sp³-hybridized carbons (Fsp3) is 0.550. The van der Waals surface area contributed by atoms with Crippen molar-refractivity contribution in [2.24, 2.45) is 0 Å². The van der Waals surface area contributed by atoms with E-state index in [0.717, 1.165) is 42.4 Å². The molecular formula is C20H27ClN2O3S. The molecule has 7 heteroatoms. The zero-order valence-corrected chi connectivity index (χ0v) is 17.6. The zero-order chi connectivity index (χ0) is 19.4. The van der Waals surface area contributed by atoms with Gasteiger partial charge in [-0.15, -0.1) is 0 Å². The summed E-state index contributed by atoms with van der Waals surface area (Å²) in [5, 5.41) is 2.38. The Kier molecular flexibility index (Phi) is 6.87. The van der Waals surface area contributed by atoms with Crippen molar-refractivity contribution in [3.05, 3.63) is 41.2 Å². The molecule has 0 bridgehead atoms. The van der Waals surface area contributed by atoms with Crippen LogP contribution in [0.5, 0.6) is 0 Å². The molecule has 0 amide bonds. The molecule has 2 atom stereocenters. The molecule has 1 aliphatic rings. The van der Waals surface area contributed by atoms with Gasteiger partial charge >= 0.3 is 0 Å². The van der Waals surface area contributed by atoms with Crippen molar-refractivity contribution in [3.63, 3.8) is 0 Å². The van der Waals surface area contributed by atoms with Crippen molar-refractivity contribution in [1.29, 1.82) is 0 Å². The monoisotopic (exact) mass is 410 g/mol. The first kappa shape index (κ1) is 20.7. The lowest BCUT2D eigenvalue weighted by Gasteiger charge is -2.28. The molecule has 1 aromatic carbocycles. The molecule has 1 fully saturated rings. The van der Waals surface area contributed by atoms with Crippen molar-refractivity contribution in [2.75, 3.05) is 13.2 Å². The lowest BCUT2D eigenvalue weighted by Crippen LogP contribution is -2.36. The van der Waals surface area contributed by atoms with Gasteiger partial charge in [-0.2, -0.15) is 0 Å². The number of halogens is 1. The number of hydrogen-bond acceptors (Lipinski definition) is 4. The summed E-state index contributed by atoms with van der Waals surface area (Å²) < 4.78 is 27.1. The van der Waals surface area contributed by atoms with E-state index >= 15 is 0 Å². The summed E-state index contributed by atoms with van der Waals surface area (Å²) in [6, 6.07) is 7.82. The molecule has 3 rings (SSSR count). The molecule has 5 nitrogen and oxygen atoms in total. The molecule has 2 heterocycles. The van der Waals surface area contributed by atoms with Gasteiger partial charge in [0.2, 0.25) is 0 Å². The number of fused-ring (bicyclic) bond motifs is 1. The second-order valence-electron chi connectivity index (χ2n) is 7.70. The van der Waals surface area contributed by atoms with Crippen molar-refractivity contribution in [3.8, 4) is 0 Å². The van der Waals surface area contributed by atoms with Gasteiger partial charge in [0.05, 0.1) is 28.9 Å². The second-order valence-corrected chi connectivity index (χ2v) is 10.1. The molecule has 148 valence electrons. The predicted octanol–water partition coefficient (Wildman–Crippen LogP) is 4.52. The zero-order valence-electron chi connectivity index (χ0n) is 16.0. The van der Waals surface area contributed by atoms with Crippen molar-refractivity contribution < 1.29 is 13.7 Å². The fourth-order valence-electron chi connectivity index (χ4n) is 3.09. The molecule has 2 unspecified atom stereocenters. The first-order valence-electron chi connectivity index (χ1n) is 9.30. The summed E-state index contributed by atoms with van der Waals surface area (Å²) in [4.78, 5) is 4.24. The minimum absolute atomic E-state index is 0.149. The van der Waals surface area contributed by atoms with Crippen molar-refractivity contribution in [2.45, 2.75) is 57.1 Å². The lowest BCUT2D eigenvalue weighted by molar-refractivity contribution is -0.182. The van der Waals surface area contributed by atoms with E-state index in [9.17, 15) is 4.21 Å². The number of rotatable bonds is 6. The predicted molar refractivity (Wildman–Crippen MR) is 110 cm³/mol. The number of pyridine rings is 1. The number of nitrogens with zero attached hydrogens (tertiary/aromatic N) is 1. The maximum Gasteiger partial charge on any atom is 0.157 e. The first-order chi connectivity index (χ1) is 12.9. The van der Waals surface area contributed by atoms with Crippen LogP contribution >= 0.6 is 11.6 Å². The second kappa shape index (κ2) is 8.97. The maximum atomic E-state index is 12.8. The largest absolute Gasteiger partial charge is 0.353 e. The Morgan fingerprint density at radius 2 is 2.04 bits per heavy atom. The summed E-state index contributed by atoms with van der Waals surface area (Å²) >= 11 is 6.42. The Balaban J connectivity index is 1.90. The molecule has 0 radical (unpaired) electrons. The highest BCUT2D eigenvalue weighted by molar-refractivity contribution is 7.84. The highest BCUT2D eigenvalue weighted by Gasteiger charge is 2.26. The fourth-order valence-corrected chi connectivity index (χ4v) is 4.23. The minimum atomic E-state index is -1.22. The van der Waals surface area contributed by atoms with Gasteiger partial charge in [0.15, 0.2) is 6.29 Å². The average molecular weight is 411 g/mol. The van der Waals surface area contributed by atoms with Gasteiger partial charge in [-0.25, -0.2) is 13.9 Å². The van der Waals surface area contributed by atoms with Gasteiger partial charge in [-0.05, 0) is 50.6 Å². The van der Waals surface area contributed by atoms with E-state index in [1.807, 2.05) is 45.0 Å². The number of benzene rings is 1. The van der Waals surface area contributed by atoms with Crippen LogP contribution in [0.1, 0.15) is 51.6 Å². The standard InChI is InChI=1S/C20H27ClN2O3S/c1-20(2,3)27(24)23-16(8-9-17-25-12-5-13-26-17)15-7-4-6-14-10-11-22-19(21)18(14)15/h4,6-7,10-11,16-17,23H,5,8-9,12-13H2,1-3H3. The first-order valence-corrected chi connectivity index (χ1v) is 10.8. The highest BCUT2D eigenvalue weighted by atomic mass is 35.5. The molecular weight excluding hydrogens is 384 g/mol. The van der Waals surface area contributed by atoms with Crippen LogP contribution in [0.2, 0.25) is 5.15 Å². The van der Waals surface area contributed by atoms with Crippen LogP contribution in [0.15, 0.2) is 30.5 Å². The van der Waals surface area contributed by atoms with E-state index in [4.69, 9.17) is 21.1 Å². The maximum absolute atomic E-state index is 12.8. The Labute approximate surface area is 168 Å². The van der Waals surface area contributed by atoms with Gasteiger partial charge in [0.1, 0.15) is 5.15 Å². The SMILES string of the molecule is CC(C)(C)S(=O)NC(CCC1OCCCO1)c1cccc2ccnc(Cl)c12. The van der Waals surface area contributed by atoms with Crippen LogP contribution < -0.4 is 4.72 Å². The van der Waals surface area contributed by atoms with Gasteiger partial charge in [0, 0.05) is 24.0 Å². The smallest absolute Gasteiger partial charge is 0.157 e. The molecule has 2 aromatic rings. The van der Waals surface area contributed by atoms with Gasteiger partial charge < -0.3 is 9.47 Å². The summed E-state index contributed by atoms with van der Waals surface area (Å²) in [5.41, 5.74) is 0.999. The number of ether oxygens (including phenoxy) is 2. The van der Waals surface area contributed by atoms with E-state index in [1.54, 1.807) is 6.20 Å². The van der Waals surface area contributed by atoms with Crippen molar-refractivity contribution >= 4 is 33.4 Å². The van der Waals surface area contributed by atoms with Crippen LogP contribution in [-0.2, 0) is 20.5 Å². The molecule has 0 saturated carbocycles. The number of aromatic nitrogens is 1. The summed E-state index contributed by atoms with van der Waals surface area (Å²) in [7, 11) is -1.22. The van der Waals surface area contributed by atoms with Gasteiger partial charge in [-0.1, -0.05) is 29.8 Å². The van der Waals surface area contributed by atoms with Crippen LogP contribution in [0.4, 0.5) is 0 Å². The van der Waals surface area contributed by atoms with Crippen LogP contribution in [0.3, 0.4) is 0 Å². The Bertz CT molecular complexity index is 798. The molecule has 1 aromatic heterocycles. The van der Waals surface area contributed by atoms with Gasteiger partial charge in [-0.3, -0.25) is 0 Å². The Morgan fingerprint density at radius 3 is 2.74 bits per heavy atom. The minimum Gasteiger partial charge on any atom is -0.353 e. The van der Waals surface area contributed by atoms with Gasteiger partial charge in [0.25, 0.3) is 0 Å². The van der Waals surface area contributed by atoms with E-state index in [-0.39, 0.29) is 17.1 Å². The summed E-state index contributed by atoms with van der Waals surface area (Å²) in [6.07, 6.45) is 3.85.